The lowest BCUT2D eigenvalue weighted by molar-refractivity contribution is -0.384. The molecule has 8 heteroatoms. The van der Waals surface area contributed by atoms with Gasteiger partial charge in [0.15, 0.2) is 5.78 Å². The van der Waals surface area contributed by atoms with Gasteiger partial charge in [-0.15, -0.1) is 0 Å². The highest BCUT2D eigenvalue weighted by molar-refractivity contribution is 6.05. The number of hydrogen-bond acceptors (Lipinski definition) is 6. The second kappa shape index (κ2) is 8.48. The van der Waals surface area contributed by atoms with Crippen LogP contribution >= 0.6 is 0 Å². The molecule has 0 radical (unpaired) electrons. The molecule has 2 aromatic carbocycles. The molecule has 2 heterocycles. The Kier molecular flexibility index (Phi) is 5.54. The van der Waals surface area contributed by atoms with Gasteiger partial charge in [-0.1, -0.05) is 26.0 Å². The van der Waals surface area contributed by atoms with E-state index < -0.39 is 11.0 Å². The molecule has 2 aliphatic rings. The number of rotatable bonds is 3. The summed E-state index contributed by atoms with van der Waals surface area (Å²) >= 11 is 0. The van der Waals surface area contributed by atoms with Crippen molar-refractivity contribution in [3.63, 3.8) is 0 Å². The van der Waals surface area contributed by atoms with Gasteiger partial charge >= 0.3 is 0 Å². The van der Waals surface area contributed by atoms with Gasteiger partial charge in [0, 0.05) is 42.3 Å². The van der Waals surface area contributed by atoms with Crippen LogP contribution in [-0.4, -0.2) is 16.6 Å². The van der Waals surface area contributed by atoms with Gasteiger partial charge in [0.05, 0.1) is 16.3 Å². The molecule has 1 N–H and O–H groups in total. The predicted molar refractivity (Wildman–Crippen MR) is 137 cm³/mol. The van der Waals surface area contributed by atoms with E-state index in [1.165, 1.54) is 19.1 Å². The zero-order valence-corrected chi connectivity index (χ0v) is 20.6. The number of ketones is 1. The Hall–Kier alpha value is -4.20. The molecule has 0 unspecified atom stereocenters. The van der Waals surface area contributed by atoms with E-state index in [0.717, 1.165) is 11.4 Å². The van der Waals surface area contributed by atoms with E-state index in [0.29, 0.717) is 46.7 Å². The first-order chi connectivity index (χ1) is 17.1. The minimum absolute atomic E-state index is 0.00227. The van der Waals surface area contributed by atoms with Gasteiger partial charge in [-0.2, -0.15) is 0 Å². The van der Waals surface area contributed by atoms with Crippen LogP contribution in [0.2, 0.25) is 0 Å². The molecule has 36 heavy (non-hydrogen) atoms. The van der Waals surface area contributed by atoms with Crippen LogP contribution in [0.5, 0.6) is 0 Å². The normalized spacial score (nSPS) is 18.7. The highest BCUT2D eigenvalue weighted by Gasteiger charge is 2.43. The van der Waals surface area contributed by atoms with Crippen LogP contribution in [0, 0.1) is 22.5 Å². The minimum Gasteiger partial charge on any atom is -0.458 e. The molecule has 0 fully saturated rings. The summed E-state index contributed by atoms with van der Waals surface area (Å²) in [4.78, 5) is 39.0. The lowest BCUT2D eigenvalue weighted by Gasteiger charge is -2.35. The molecule has 0 spiro atoms. The third kappa shape index (κ3) is 3.98. The number of fused-ring (bicyclic) bond motifs is 1. The summed E-state index contributed by atoms with van der Waals surface area (Å²) in [6.45, 7) is 7.39. The molecular weight excluding hydrogens is 458 g/mol. The zero-order valence-electron chi connectivity index (χ0n) is 20.6. The molecule has 0 saturated carbocycles. The van der Waals surface area contributed by atoms with E-state index in [4.69, 9.17) is 4.42 Å². The summed E-state index contributed by atoms with van der Waals surface area (Å²) in [6.07, 6.45) is 1.01. The Morgan fingerprint density at radius 2 is 1.89 bits per heavy atom. The Balaban J connectivity index is 1.69. The van der Waals surface area contributed by atoms with E-state index in [-0.39, 0.29) is 22.8 Å². The third-order valence-electron chi connectivity index (χ3n) is 6.82. The summed E-state index contributed by atoms with van der Waals surface area (Å²) in [5, 5.41) is 14.6. The van der Waals surface area contributed by atoms with E-state index in [1.54, 1.807) is 30.0 Å². The number of benzene rings is 2. The second-order valence-electron chi connectivity index (χ2n) is 10.2. The Bertz CT molecular complexity index is 1450. The molecule has 1 aromatic heterocycles. The van der Waals surface area contributed by atoms with Crippen molar-refractivity contribution in [1.82, 2.24) is 0 Å². The number of nitro groups is 1. The average Bonchev–Trinajstić information content (AvgIpc) is 3.21. The van der Waals surface area contributed by atoms with Crippen LogP contribution in [-0.2, 0) is 9.59 Å². The van der Waals surface area contributed by atoms with E-state index in [9.17, 15) is 19.7 Å². The highest BCUT2D eigenvalue weighted by Crippen LogP contribution is 2.49. The molecule has 1 aliphatic heterocycles. The number of para-hydroxylation sites is 2. The first-order valence-corrected chi connectivity index (χ1v) is 11.8. The van der Waals surface area contributed by atoms with Gasteiger partial charge in [-0.05, 0) is 54.7 Å². The van der Waals surface area contributed by atoms with Crippen LogP contribution in [0.3, 0.4) is 0 Å². The molecule has 184 valence electrons. The fourth-order valence-electron chi connectivity index (χ4n) is 5.29. The number of Topliss-reactive ketones (excluding diaryl/α,β-unsaturated/α-hetero) is 1. The number of nitrogens with zero attached hydrogens (tertiary/aromatic N) is 2. The first kappa shape index (κ1) is 23.5. The number of nitrogens with one attached hydrogen (secondary N) is 1. The molecule has 3 aromatic rings. The van der Waals surface area contributed by atoms with E-state index in [2.05, 4.69) is 19.2 Å². The number of nitro benzene ring substituents is 1. The van der Waals surface area contributed by atoms with Gasteiger partial charge in [0.25, 0.3) is 5.69 Å². The standard InChI is InChI=1S/C28H27N3O5/c1-16-13-18(31(34)35)9-10-19(16)24-11-12-25(36-24)27-26-21(14-28(3,4)15-23(26)33)29-20-7-5-6-8-22(20)30(27)17(2)32/h5-13,27,29H,14-15H2,1-4H3/t27-/m0/s1. The van der Waals surface area contributed by atoms with Gasteiger partial charge < -0.3 is 9.73 Å². The first-order valence-electron chi connectivity index (χ1n) is 11.8. The Labute approximate surface area is 208 Å². The number of furan rings is 1. The second-order valence-corrected chi connectivity index (χ2v) is 10.2. The molecular formula is C28H27N3O5. The summed E-state index contributed by atoms with van der Waals surface area (Å²) in [6, 6.07) is 14.9. The molecule has 0 bridgehead atoms. The largest absolute Gasteiger partial charge is 0.458 e. The predicted octanol–water partition coefficient (Wildman–Crippen LogP) is 6.33. The number of carbonyl (C=O) groups is 2. The van der Waals surface area contributed by atoms with Crippen LogP contribution in [0.1, 0.15) is 51.0 Å². The summed E-state index contributed by atoms with van der Waals surface area (Å²) in [5.41, 5.74) is 3.92. The number of non-ortho nitro benzene ring substituents is 1. The Morgan fingerprint density at radius 3 is 2.58 bits per heavy atom. The number of carbonyl (C=O) groups excluding carboxylic acids is 2. The van der Waals surface area contributed by atoms with Crippen molar-refractivity contribution in [3.8, 4) is 11.3 Å². The molecule has 1 amide bonds. The quantitative estimate of drug-likeness (QED) is 0.343. The summed E-state index contributed by atoms with van der Waals surface area (Å²) < 4.78 is 6.31. The number of hydrogen-bond donors (Lipinski definition) is 1. The van der Waals surface area contributed by atoms with E-state index in [1.807, 2.05) is 24.3 Å². The molecule has 1 atom stereocenters. The number of allylic oxidation sites excluding steroid dienone is 1. The maximum atomic E-state index is 13.6. The van der Waals surface area contributed by atoms with Gasteiger partial charge in [0.2, 0.25) is 5.91 Å². The van der Waals surface area contributed by atoms with Crippen molar-refractivity contribution < 1.29 is 18.9 Å². The number of aryl methyl sites for hydroxylation is 1. The SMILES string of the molecule is CC(=O)N1c2ccccc2NC2=C(C(=O)CC(C)(C)C2)[C@@H]1c1ccc(-c2ccc([N+](=O)[O-])cc2C)o1. The fraction of sp³-hybridized carbons (Fsp3) is 0.286. The summed E-state index contributed by atoms with van der Waals surface area (Å²) in [5.74, 6) is 0.724. The van der Waals surface area contributed by atoms with Crippen molar-refractivity contribution in [2.45, 2.75) is 46.6 Å². The zero-order chi connectivity index (χ0) is 25.8. The maximum absolute atomic E-state index is 13.6. The number of anilines is 2. The highest BCUT2D eigenvalue weighted by atomic mass is 16.6. The van der Waals surface area contributed by atoms with Crippen LogP contribution in [0.15, 0.2) is 70.3 Å². The molecule has 5 rings (SSSR count). The lowest BCUT2D eigenvalue weighted by Crippen LogP contribution is -2.38. The smallest absolute Gasteiger partial charge is 0.269 e. The minimum atomic E-state index is -0.746. The van der Waals surface area contributed by atoms with Crippen LogP contribution in [0.4, 0.5) is 17.1 Å². The van der Waals surface area contributed by atoms with Crippen molar-refractivity contribution in [1.29, 1.82) is 0 Å². The maximum Gasteiger partial charge on any atom is 0.269 e. The van der Waals surface area contributed by atoms with Crippen molar-refractivity contribution >= 4 is 28.8 Å². The Morgan fingerprint density at radius 1 is 1.14 bits per heavy atom. The van der Waals surface area contributed by atoms with Crippen molar-refractivity contribution in [2.24, 2.45) is 5.41 Å². The van der Waals surface area contributed by atoms with Gasteiger partial charge in [-0.3, -0.25) is 24.6 Å². The van der Waals surface area contributed by atoms with Crippen molar-refractivity contribution in [3.05, 3.63) is 87.3 Å². The summed E-state index contributed by atoms with van der Waals surface area (Å²) in [7, 11) is 0. The molecule has 0 saturated heterocycles. The van der Waals surface area contributed by atoms with Crippen molar-refractivity contribution in [2.75, 3.05) is 10.2 Å². The van der Waals surface area contributed by atoms with Gasteiger partial charge in [0.1, 0.15) is 17.6 Å². The van der Waals surface area contributed by atoms with Crippen LogP contribution < -0.4 is 10.2 Å². The van der Waals surface area contributed by atoms with E-state index >= 15 is 0 Å². The molecule has 1 aliphatic carbocycles. The molecule has 8 nitrogen and oxygen atoms in total. The lowest BCUT2D eigenvalue weighted by atomic mass is 9.74. The topological polar surface area (TPSA) is 106 Å². The number of amides is 1. The fourth-order valence-corrected chi connectivity index (χ4v) is 5.29. The average molecular weight is 486 g/mol. The third-order valence-corrected chi connectivity index (χ3v) is 6.82. The van der Waals surface area contributed by atoms with Crippen LogP contribution in [0.25, 0.3) is 11.3 Å². The monoisotopic (exact) mass is 485 g/mol. The van der Waals surface area contributed by atoms with Gasteiger partial charge in [-0.25, -0.2) is 0 Å².